The number of amides is 1. The highest BCUT2D eigenvalue weighted by molar-refractivity contribution is 7.92. The molecular weight excluding hydrogens is 415 g/mol. The molecule has 0 radical (unpaired) electrons. The second-order valence-corrected chi connectivity index (χ2v) is 9.55. The van der Waals surface area contributed by atoms with Crippen molar-refractivity contribution < 1.29 is 17.6 Å². The number of nitrogens with zero attached hydrogens (tertiary/aromatic N) is 1. The maximum Gasteiger partial charge on any atom is 0.264 e. The second kappa shape index (κ2) is 8.51. The average molecular weight is 439 g/mol. The van der Waals surface area contributed by atoms with Gasteiger partial charge in [0.1, 0.15) is 5.82 Å². The van der Waals surface area contributed by atoms with Crippen molar-refractivity contribution in [2.24, 2.45) is 0 Å². The molecule has 31 heavy (non-hydrogen) atoms. The first kappa shape index (κ1) is 21.1. The molecule has 0 saturated heterocycles. The van der Waals surface area contributed by atoms with E-state index in [9.17, 15) is 17.6 Å². The molecule has 0 saturated carbocycles. The van der Waals surface area contributed by atoms with Gasteiger partial charge in [-0.15, -0.1) is 0 Å². The van der Waals surface area contributed by atoms with Crippen molar-refractivity contribution in [2.45, 2.75) is 31.1 Å². The molecule has 0 fully saturated rings. The Kier molecular flexibility index (Phi) is 5.78. The van der Waals surface area contributed by atoms with Crippen LogP contribution in [0.1, 0.15) is 23.1 Å². The molecule has 160 valence electrons. The van der Waals surface area contributed by atoms with E-state index in [0.717, 1.165) is 35.2 Å². The van der Waals surface area contributed by atoms with Gasteiger partial charge in [0.25, 0.3) is 10.0 Å². The molecule has 0 unspecified atom stereocenters. The monoisotopic (exact) mass is 438 g/mol. The maximum absolute atomic E-state index is 13.3. The molecule has 0 aliphatic carbocycles. The van der Waals surface area contributed by atoms with E-state index < -0.39 is 15.8 Å². The van der Waals surface area contributed by atoms with Crippen LogP contribution in [0, 0.1) is 12.7 Å². The molecule has 0 atom stereocenters. The van der Waals surface area contributed by atoms with Crippen LogP contribution in [0.4, 0.5) is 15.8 Å². The van der Waals surface area contributed by atoms with Crippen LogP contribution in [-0.2, 0) is 27.7 Å². The van der Waals surface area contributed by atoms with Gasteiger partial charge in [-0.25, -0.2) is 12.8 Å². The number of benzene rings is 3. The van der Waals surface area contributed by atoms with E-state index in [4.69, 9.17) is 0 Å². The molecule has 0 spiro atoms. The molecule has 1 N–H and O–H groups in total. The molecule has 1 aliphatic rings. The summed E-state index contributed by atoms with van der Waals surface area (Å²) in [5.41, 5.74) is 3.98. The third-order valence-electron chi connectivity index (χ3n) is 5.29. The summed E-state index contributed by atoms with van der Waals surface area (Å²) in [5, 5.41) is 2.87. The zero-order valence-corrected chi connectivity index (χ0v) is 18.0. The van der Waals surface area contributed by atoms with Crippen LogP contribution in [-0.4, -0.2) is 20.9 Å². The average Bonchev–Trinajstić information content (AvgIpc) is 2.73. The molecule has 1 heterocycles. The van der Waals surface area contributed by atoms with E-state index in [2.05, 4.69) is 5.32 Å². The summed E-state index contributed by atoms with van der Waals surface area (Å²) in [4.78, 5) is 12.6. The fraction of sp³-hybridized carbons (Fsp3) is 0.208. The number of anilines is 2. The van der Waals surface area contributed by atoms with Gasteiger partial charge in [-0.2, -0.15) is 0 Å². The second-order valence-electron chi connectivity index (χ2n) is 7.69. The zero-order valence-electron chi connectivity index (χ0n) is 17.1. The van der Waals surface area contributed by atoms with Crippen LogP contribution < -0.4 is 9.62 Å². The van der Waals surface area contributed by atoms with E-state index in [1.807, 2.05) is 37.3 Å². The van der Waals surface area contributed by atoms with E-state index in [0.29, 0.717) is 24.3 Å². The predicted octanol–water partition coefficient (Wildman–Crippen LogP) is 4.46. The number of carbonyl (C=O) groups is 1. The number of rotatable bonds is 5. The number of aryl methyl sites for hydroxylation is 2. The standard InChI is InChI=1S/C24H23FN2O3S/c1-17-4-2-5-18(14-17)15-24(28)26-21-10-7-19-6-3-13-27(23(19)16-21)31(29,30)22-11-8-20(25)9-12-22/h2,4-5,7-12,14,16H,3,6,13,15H2,1H3,(H,26,28). The lowest BCUT2D eigenvalue weighted by molar-refractivity contribution is -0.115. The van der Waals surface area contributed by atoms with Crippen LogP contribution in [0.15, 0.2) is 71.6 Å². The Morgan fingerprint density at radius 2 is 1.84 bits per heavy atom. The molecule has 3 aromatic carbocycles. The number of halogens is 1. The minimum absolute atomic E-state index is 0.0376. The van der Waals surface area contributed by atoms with Crippen molar-refractivity contribution in [3.05, 3.63) is 89.2 Å². The lowest BCUT2D eigenvalue weighted by Crippen LogP contribution is -2.35. The largest absolute Gasteiger partial charge is 0.326 e. The molecule has 1 aliphatic heterocycles. The lowest BCUT2D eigenvalue weighted by Gasteiger charge is -2.31. The molecule has 7 heteroatoms. The zero-order chi connectivity index (χ0) is 22.0. The maximum atomic E-state index is 13.3. The van der Waals surface area contributed by atoms with Crippen molar-refractivity contribution in [1.29, 1.82) is 0 Å². The Hall–Kier alpha value is -3.19. The third-order valence-corrected chi connectivity index (χ3v) is 7.12. The van der Waals surface area contributed by atoms with Gasteiger partial charge in [-0.05, 0) is 67.3 Å². The highest BCUT2D eigenvalue weighted by atomic mass is 32.2. The van der Waals surface area contributed by atoms with Crippen molar-refractivity contribution in [2.75, 3.05) is 16.2 Å². The Labute approximate surface area is 181 Å². The molecule has 0 aromatic heterocycles. The number of fused-ring (bicyclic) bond motifs is 1. The van der Waals surface area contributed by atoms with Gasteiger partial charge in [-0.3, -0.25) is 9.10 Å². The third kappa shape index (κ3) is 4.61. The molecule has 5 nitrogen and oxygen atoms in total. The van der Waals surface area contributed by atoms with E-state index in [-0.39, 0.29) is 17.2 Å². The van der Waals surface area contributed by atoms with Crippen LogP contribution in [0.3, 0.4) is 0 Å². The summed E-state index contributed by atoms with van der Waals surface area (Å²) < 4.78 is 41.0. The van der Waals surface area contributed by atoms with Crippen molar-refractivity contribution in [3.8, 4) is 0 Å². The number of hydrogen-bond donors (Lipinski definition) is 1. The quantitative estimate of drug-likeness (QED) is 0.640. The number of sulfonamides is 1. The Morgan fingerprint density at radius 1 is 1.06 bits per heavy atom. The smallest absolute Gasteiger partial charge is 0.264 e. The van der Waals surface area contributed by atoms with Crippen LogP contribution >= 0.6 is 0 Å². The predicted molar refractivity (Wildman–Crippen MR) is 119 cm³/mol. The van der Waals surface area contributed by atoms with Crippen molar-refractivity contribution in [1.82, 2.24) is 0 Å². The number of carbonyl (C=O) groups excluding carboxylic acids is 1. The Bertz CT molecular complexity index is 1220. The fourth-order valence-corrected chi connectivity index (χ4v) is 5.35. The van der Waals surface area contributed by atoms with Gasteiger partial charge < -0.3 is 5.32 Å². The first-order chi connectivity index (χ1) is 14.8. The van der Waals surface area contributed by atoms with E-state index in [1.54, 1.807) is 12.1 Å². The SMILES string of the molecule is Cc1cccc(CC(=O)Nc2ccc3c(c2)N(S(=O)(=O)c2ccc(F)cc2)CCC3)c1. The summed E-state index contributed by atoms with van der Waals surface area (Å²) in [6.45, 7) is 2.30. The Morgan fingerprint density at radius 3 is 2.58 bits per heavy atom. The van der Waals surface area contributed by atoms with Gasteiger partial charge in [0.15, 0.2) is 0 Å². The van der Waals surface area contributed by atoms with E-state index >= 15 is 0 Å². The Balaban J connectivity index is 1.59. The summed E-state index contributed by atoms with van der Waals surface area (Å²) in [6, 6.07) is 17.9. The van der Waals surface area contributed by atoms with Gasteiger partial charge >= 0.3 is 0 Å². The van der Waals surface area contributed by atoms with Gasteiger partial charge in [-0.1, -0.05) is 35.9 Å². The number of hydrogen-bond acceptors (Lipinski definition) is 3. The molecular formula is C24H23FN2O3S. The highest BCUT2D eigenvalue weighted by Gasteiger charge is 2.29. The van der Waals surface area contributed by atoms with Crippen molar-refractivity contribution in [3.63, 3.8) is 0 Å². The molecule has 4 rings (SSSR count). The molecule has 3 aromatic rings. The first-order valence-corrected chi connectivity index (χ1v) is 11.5. The minimum Gasteiger partial charge on any atom is -0.326 e. The topological polar surface area (TPSA) is 66.5 Å². The number of nitrogens with one attached hydrogen (secondary N) is 1. The van der Waals surface area contributed by atoms with Crippen molar-refractivity contribution >= 4 is 27.3 Å². The summed E-state index contributed by atoms with van der Waals surface area (Å²) >= 11 is 0. The van der Waals surface area contributed by atoms with Crippen LogP contribution in [0.25, 0.3) is 0 Å². The highest BCUT2D eigenvalue weighted by Crippen LogP contribution is 2.34. The minimum atomic E-state index is -3.84. The fourth-order valence-electron chi connectivity index (χ4n) is 3.81. The molecule has 0 bridgehead atoms. The van der Waals surface area contributed by atoms with Gasteiger partial charge in [0, 0.05) is 12.2 Å². The van der Waals surface area contributed by atoms with Gasteiger partial charge in [0.05, 0.1) is 17.0 Å². The van der Waals surface area contributed by atoms with Crippen LogP contribution in [0.5, 0.6) is 0 Å². The summed E-state index contributed by atoms with van der Waals surface area (Å²) in [6.07, 6.45) is 1.67. The van der Waals surface area contributed by atoms with E-state index in [1.165, 1.54) is 16.4 Å². The normalized spacial score (nSPS) is 13.5. The summed E-state index contributed by atoms with van der Waals surface area (Å²) in [5.74, 6) is -0.661. The lowest BCUT2D eigenvalue weighted by atomic mass is 10.0. The molecule has 1 amide bonds. The first-order valence-electron chi connectivity index (χ1n) is 10.1. The van der Waals surface area contributed by atoms with Crippen LogP contribution in [0.2, 0.25) is 0 Å². The summed E-state index contributed by atoms with van der Waals surface area (Å²) in [7, 11) is -3.84. The van der Waals surface area contributed by atoms with Gasteiger partial charge in [0.2, 0.25) is 5.91 Å².